The topological polar surface area (TPSA) is 90.5 Å². The lowest BCUT2D eigenvalue weighted by Crippen LogP contribution is -2.50. The molecule has 0 aromatic carbocycles. The first-order chi connectivity index (χ1) is 7.99. The maximum Gasteiger partial charge on any atom is 0.325 e. The molecule has 0 spiro atoms. The van der Waals surface area contributed by atoms with Crippen LogP contribution in [0.5, 0.6) is 0 Å². The van der Waals surface area contributed by atoms with Crippen LogP contribution in [0.15, 0.2) is 0 Å². The van der Waals surface area contributed by atoms with Crippen molar-refractivity contribution in [3.05, 3.63) is 0 Å². The van der Waals surface area contributed by atoms with Crippen LogP contribution in [0.25, 0.3) is 0 Å². The van der Waals surface area contributed by atoms with Gasteiger partial charge in [-0.05, 0) is 26.7 Å². The molecule has 0 aliphatic carbocycles. The third-order valence-electron chi connectivity index (χ3n) is 2.96. The van der Waals surface area contributed by atoms with Crippen molar-refractivity contribution in [3.63, 3.8) is 0 Å². The van der Waals surface area contributed by atoms with Crippen molar-refractivity contribution in [2.75, 3.05) is 13.1 Å². The molecular weight excluding hydrogens is 222 g/mol. The molecule has 1 heterocycles. The summed E-state index contributed by atoms with van der Waals surface area (Å²) in [6.45, 7) is 4.60. The first kappa shape index (κ1) is 13.9. The molecule has 1 aliphatic rings. The molecule has 3 atom stereocenters. The van der Waals surface area contributed by atoms with Crippen molar-refractivity contribution in [1.29, 1.82) is 0 Å². The molecule has 1 rings (SSSR count). The second kappa shape index (κ2) is 6.56. The highest BCUT2D eigenvalue weighted by molar-refractivity contribution is 5.84. The second-order valence-corrected chi connectivity index (χ2v) is 4.59. The van der Waals surface area contributed by atoms with E-state index in [2.05, 4.69) is 22.9 Å². The maximum absolute atomic E-state index is 11.4. The monoisotopic (exact) mass is 243 g/mol. The Kier molecular flexibility index (Phi) is 5.37. The van der Waals surface area contributed by atoms with Crippen LogP contribution < -0.4 is 16.0 Å². The number of carbonyl (C=O) groups excluding carboxylic acids is 1. The fourth-order valence-corrected chi connectivity index (χ4v) is 1.76. The number of hydrogen-bond donors (Lipinski definition) is 4. The van der Waals surface area contributed by atoms with E-state index >= 15 is 0 Å². The number of piperidine rings is 1. The fourth-order valence-electron chi connectivity index (χ4n) is 1.76. The van der Waals surface area contributed by atoms with Gasteiger partial charge in [0.15, 0.2) is 0 Å². The van der Waals surface area contributed by atoms with Crippen LogP contribution in [0, 0.1) is 0 Å². The molecule has 98 valence electrons. The molecular formula is C11H21N3O3. The van der Waals surface area contributed by atoms with Gasteiger partial charge < -0.3 is 21.1 Å². The van der Waals surface area contributed by atoms with Crippen molar-refractivity contribution >= 4 is 11.9 Å². The van der Waals surface area contributed by atoms with E-state index in [4.69, 9.17) is 5.11 Å². The van der Waals surface area contributed by atoms with E-state index < -0.39 is 12.0 Å². The van der Waals surface area contributed by atoms with E-state index in [9.17, 15) is 9.59 Å². The first-order valence-electron chi connectivity index (χ1n) is 5.98. The van der Waals surface area contributed by atoms with Crippen LogP contribution in [0.2, 0.25) is 0 Å². The molecule has 1 amide bonds. The van der Waals surface area contributed by atoms with E-state index in [0.717, 1.165) is 19.4 Å². The molecule has 1 saturated heterocycles. The summed E-state index contributed by atoms with van der Waals surface area (Å²) in [4.78, 5) is 21.9. The Morgan fingerprint density at radius 3 is 2.71 bits per heavy atom. The van der Waals surface area contributed by atoms with Gasteiger partial charge in [0.25, 0.3) is 0 Å². The number of amides is 1. The Labute approximate surface area is 101 Å². The van der Waals surface area contributed by atoms with Crippen molar-refractivity contribution in [1.82, 2.24) is 16.0 Å². The number of hydrogen-bond acceptors (Lipinski definition) is 4. The van der Waals surface area contributed by atoms with E-state index in [1.165, 1.54) is 6.92 Å². The summed E-state index contributed by atoms with van der Waals surface area (Å²) in [5, 5.41) is 17.5. The van der Waals surface area contributed by atoms with Crippen LogP contribution in [-0.4, -0.2) is 48.2 Å². The first-order valence-corrected chi connectivity index (χ1v) is 5.98. The summed E-state index contributed by atoms with van der Waals surface area (Å²) in [5.41, 5.74) is 0. The van der Waals surface area contributed by atoms with Crippen LogP contribution >= 0.6 is 0 Å². The molecule has 0 bridgehead atoms. The predicted molar refractivity (Wildman–Crippen MR) is 63.7 cm³/mol. The lowest BCUT2D eigenvalue weighted by molar-refractivity contribution is -0.141. The van der Waals surface area contributed by atoms with Gasteiger partial charge in [0, 0.05) is 18.6 Å². The highest BCUT2D eigenvalue weighted by atomic mass is 16.4. The van der Waals surface area contributed by atoms with Crippen LogP contribution in [0.1, 0.15) is 26.7 Å². The minimum atomic E-state index is -1.02. The van der Waals surface area contributed by atoms with Gasteiger partial charge in [0.2, 0.25) is 5.91 Å². The highest BCUT2D eigenvalue weighted by Gasteiger charge is 2.18. The molecule has 6 heteroatoms. The number of rotatable bonds is 5. The molecule has 0 aromatic rings. The highest BCUT2D eigenvalue weighted by Crippen LogP contribution is 2.06. The molecule has 6 nitrogen and oxygen atoms in total. The van der Waals surface area contributed by atoms with Crippen LogP contribution in [0.3, 0.4) is 0 Å². The van der Waals surface area contributed by atoms with Gasteiger partial charge in [-0.1, -0.05) is 0 Å². The van der Waals surface area contributed by atoms with Crippen molar-refractivity contribution in [2.24, 2.45) is 0 Å². The van der Waals surface area contributed by atoms with Gasteiger partial charge in [-0.25, -0.2) is 0 Å². The van der Waals surface area contributed by atoms with Gasteiger partial charge in [-0.15, -0.1) is 0 Å². The Morgan fingerprint density at radius 2 is 2.18 bits per heavy atom. The van der Waals surface area contributed by atoms with E-state index in [-0.39, 0.29) is 18.5 Å². The number of carboxylic acids is 1. The fraction of sp³-hybridized carbons (Fsp3) is 0.818. The molecule has 17 heavy (non-hydrogen) atoms. The Morgan fingerprint density at radius 1 is 1.47 bits per heavy atom. The summed E-state index contributed by atoms with van der Waals surface area (Å²) >= 11 is 0. The summed E-state index contributed by atoms with van der Waals surface area (Å²) in [7, 11) is 0. The van der Waals surface area contributed by atoms with Crippen molar-refractivity contribution < 1.29 is 14.7 Å². The van der Waals surface area contributed by atoms with Gasteiger partial charge in [0.05, 0.1) is 6.54 Å². The standard InChI is InChI=1S/C11H21N3O3/c1-7-3-4-9(5-12-7)13-6-10(15)14-8(2)11(16)17/h7-9,12-13H,3-6H2,1-2H3,(H,14,15)(H,16,17)/t7-,8?,9-/m1/s1. The van der Waals surface area contributed by atoms with Gasteiger partial charge in [-0.2, -0.15) is 0 Å². The van der Waals surface area contributed by atoms with Crippen molar-refractivity contribution in [3.8, 4) is 0 Å². The third-order valence-corrected chi connectivity index (χ3v) is 2.96. The summed E-state index contributed by atoms with van der Waals surface area (Å²) in [6, 6.07) is -0.0141. The smallest absolute Gasteiger partial charge is 0.325 e. The average Bonchev–Trinajstić information content (AvgIpc) is 2.28. The molecule has 1 aliphatic heterocycles. The van der Waals surface area contributed by atoms with Gasteiger partial charge in [0.1, 0.15) is 6.04 Å². The molecule has 0 radical (unpaired) electrons. The Hall–Kier alpha value is -1.14. The van der Waals surface area contributed by atoms with Gasteiger partial charge in [-0.3, -0.25) is 9.59 Å². The third kappa shape index (κ3) is 5.14. The maximum atomic E-state index is 11.4. The lowest BCUT2D eigenvalue weighted by atomic mass is 10.0. The zero-order valence-corrected chi connectivity index (χ0v) is 10.3. The number of carboxylic acid groups (broad SMARTS) is 1. The minimum absolute atomic E-state index is 0.165. The summed E-state index contributed by atoms with van der Waals surface area (Å²) in [5.74, 6) is -1.30. The number of aliphatic carboxylic acids is 1. The lowest BCUT2D eigenvalue weighted by Gasteiger charge is -2.28. The predicted octanol–water partition coefficient (Wildman–Crippen LogP) is -0.694. The largest absolute Gasteiger partial charge is 0.480 e. The zero-order chi connectivity index (χ0) is 12.8. The molecule has 0 aromatic heterocycles. The summed E-state index contributed by atoms with van der Waals surface area (Å²) < 4.78 is 0. The molecule has 1 unspecified atom stereocenters. The molecule has 1 fully saturated rings. The van der Waals surface area contributed by atoms with Crippen LogP contribution in [-0.2, 0) is 9.59 Å². The quantitative estimate of drug-likeness (QED) is 0.513. The van der Waals surface area contributed by atoms with E-state index in [0.29, 0.717) is 6.04 Å². The molecule has 4 N–H and O–H groups in total. The van der Waals surface area contributed by atoms with Crippen molar-refractivity contribution in [2.45, 2.75) is 44.8 Å². The summed E-state index contributed by atoms with van der Waals surface area (Å²) in [6.07, 6.45) is 2.13. The number of nitrogens with one attached hydrogen (secondary N) is 3. The Bertz CT molecular complexity index is 275. The molecule has 0 saturated carbocycles. The SMILES string of the molecule is CC(NC(=O)CN[C@@H]1CC[C@@H](C)NC1)C(=O)O. The zero-order valence-electron chi connectivity index (χ0n) is 10.3. The minimum Gasteiger partial charge on any atom is -0.480 e. The second-order valence-electron chi connectivity index (χ2n) is 4.59. The van der Waals surface area contributed by atoms with E-state index in [1.54, 1.807) is 0 Å². The number of carbonyl (C=O) groups is 2. The van der Waals surface area contributed by atoms with E-state index in [1.807, 2.05) is 0 Å². The van der Waals surface area contributed by atoms with Crippen LogP contribution in [0.4, 0.5) is 0 Å². The normalized spacial score (nSPS) is 26.2. The average molecular weight is 243 g/mol. The Balaban J connectivity index is 2.17. The van der Waals surface area contributed by atoms with Gasteiger partial charge >= 0.3 is 5.97 Å².